The Bertz CT molecular complexity index is 781. The highest BCUT2D eigenvalue weighted by Gasteiger charge is 2.03. The zero-order valence-electron chi connectivity index (χ0n) is 13.6. The average molecular weight is 315 g/mol. The number of benzene rings is 3. The molecule has 0 atom stereocenters. The van der Waals surface area contributed by atoms with Crippen LogP contribution in [0.2, 0.25) is 0 Å². The monoisotopic (exact) mass is 315 g/mol. The lowest BCUT2D eigenvalue weighted by Gasteiger charge is -2.07. The third kappa shape index (κ3) is 4.56. The van der Waals surface area contributed by atoms with Crippen LogP contribution in [0.1, 0.15) is 18.4 Å². The standard InChI is InChI=1S/C22H21NO/c24-22(23-21-14-5-2-6-15-21)16-8-10-18-9-7-13-20(17-18)19-11-3-1-4-12-19/h1-7,9,11-15,17H,8,10,16H2,(H,23,24). The first kappa shape index (κ1) is 16.0. The maximum absolute atomic E-state index is 12.0. The Hall–Kier alpha value is -2.87. The van der Waals surface area contributed by atoms with Crippen molar-refractivity contribution in [2.75, 3.05) is 5.32 Å². The van der Waals surface area contributed by atoms with E-state index < -0.39 is 0 Å². The number of aryl methyl sites for hydroxylation is 1. The molecule has 0 fully saturated rings. The fourth-order valence-electron chi connectivity index (χ4n) is 2.74. The molecule has 0 bridgehead atoms. The van der Waals surface area contributed by atoms with E-state index in [1.54, 1.807) is 0 Å². The van der Waals surface area contributed by atoms with Gasteiger partial charge in [-0.2, -0.15) is 0 Å². The van der Waals surface area contributed by atoms with E-state index in [2.05, 4.69) is 53.8 Å². The smallest absolute Gasteiger partial charge is 0.224 e. The quantitative estimate of drug-likeness (QED) is 0.656. The van der Waals surface area contributed by atoms with Gasteiger partial charge in [-0.15, -0.1) is 0 Å². The molecule has 3 aromatic carbocycles. The Balaban J connectivity index is 1.53. The van der Waals surface area contributed by atoms with Crippen LogP contribution in [0.4, 0.5) is 5.69 Å². The van der Waals surface area contributed by atoms with Crippen molar-refractivity contribution in [2.45, 2.75) is 19.3 Å². The largest absolute Gasteiger partial charge is 0.326 e. The van der Waals surface area contributed by atoms with Crippen LogP contribution in [0.5, 0.6) is 0 Å². The summed E-state index contributed by atoms with van der Waals surface area (Å²) in [6, 6.07) is 28.5. The Morgan fingerprint density at radius 1 is 0.750 bits per heavy atom. The number of para-hydroxylation sites is 1. The highest BCUT2D eigenvalue weighted by Crippen LogP contribution is 2.20. The molecule has 3 aromatic rings. The van der Waals surface area contributed by atoms with Crippen LogP contribution in [-0.2, 0) is 11.2 Å². The Morgan fingerprint density at radius 3 is 2.17 bits per heavy atom. The van der Waals surface area contributed by atoms with Crippen molar-refractivity contribution in [3.8, 4) is 11.1 Å². The molecule has 0 aliphatic carbocycles. The maximum Gasteiger partial charge on any atom is 0.224 e. The summed E-state index contributed by atoms with van der Waals surface area (Å²) in [4.78, 5) is 12.0. The summed E-state index contributed by atoms with van der Waals surface area (Å²) >= 11 is 0. The number of nitrogens with one attached hydrogen (secondary N) is 1. The van der Waals surface area contributed by atoms with Crippen molar-refractivity contribution in [1.82, 2.24) is 0 Å². The molecule has 120 valence electrons. The Labute approximate surface area is 143 Å². The van der Waals surface area contributed by atoms with E-state index in [1.807, 2.05) is 36.4 Å². The van der Waals surface area contributed by atoms with Crippen LogP contribution < -0.4 is 5.32 Å². The van der Waals surface area contributed by atoms with E-state index in [0.717, 1.165) is 18.5 Å². The maximum atomic E-state index is 12.0. The van der Waals surface area contributed by atoms with E-state index >= 15 is 0 Å². The molecule has 0 aliphatic rings. The summed E-state index contributed by atoms with van der Waals surface area (Å²) in [6.07, 6.45) is 2.28. The minimum absolute atomic E-state index is 0.0698. The summed E-state index contributed by atoms with van der Waals surface area (Å²) in [5, 5.41) is 2.93. The zero-order valence-corrected chi connectivity index (χ0v) is 13.6. The molecular weight excluding hydrogens is 294 g/mol. The number of hydrogen-bond donors (Lipinski definition) is 1. The highest BCUT2D eigenvalue weighted by molar-refractivity contribution is 5.90. The van der Waals surface area contributed by atoms with Crippen molar-refractivity contribution >= 4 is 11.6 Å². The van der Waals surface area contributed by atoms with Crippen molar-refractivity contribution in [1.29, 1.82) is 0 Å². The number of amides is 1. The second kappa shape index (κ2) is 8.11. The predicted octanol–water partition coefficient (Wildman–Crippen LogP) is 5.32. The summed E-state index contributed by atoms with van der Waals surface area (Å²) in [5.41, 5.74) is 4.57. The molecular formula is C22H21NO. The minimum atomic E-state index is 0.0698. The van der Waals surface area contributed by atoms with Gasteiger partial charge in [-0.05, 0) is 41.7 Å². The molecule has 24 heavy (non-hydrogen) atoms. The lowest BCUT2D eigenvalue weighted by Crippen LogP contribution is -2.11. The normalized spacial score (nSPS) is 10.3. The number of hydrogen-bond acceptors (Lipinski definition) is 1. The molecule has 0 aliphatic heterocycles. The molecule has 0 aromatic heterocycles. The zero-order chi connectivity index (χ0) is 16.6. The van der Waals surface area contributed by atoms with E-state index in [-0.39, 0.29) is 5.91 Å². The highest BCUT2D eigenvalue weighted by atomic mass is 16.1. The van der Waals surface area contributed by atoms with E-state index in [0.29, 0.717) is 6.42 Å². The topological polar surface area (TPSA) is 29.1 Å². The second-order valence-electron chi connectivity index (χ2n) is 5.83. The number of rotatable bonds is 6. The van der Waals surface area contributed by atoms with Gasteiger partial charge in [-0.1, -0.05) is 72.8 Å². The third-order valence-electron chi connectivity index (χ3n) is 3.96. The van der Waals surface area contributed by atoms with E-state index in [4.69, 9.17) is 0 Å². The van der Waals surface area contributed by atoms with Gasteiger partial charge >= 0.3 is 0 Å². The minimum Gasteiger partial charge on any atom is -0.326 e. The lowest BCUT2D eigenvalue weighted by atomic mass is 10.0. The summed E-state index contributed by atoms with van der Waals surface area (Å²) in [6.45, 7) is 0. The van der Waals surface area contributed by atoms with Crippen LogP contribution in [0.3, 0.4) is 0 Å². The van der Waals surface area contributed by atoms with Crippen LogP contribution in [0, 0.1) is 0 Å². The van der Waals surface area contributed by atoms with Crippen molar-refractivity contribution < 1.29 is 4.79 Å². The SMILES string of the molecule is O=C(CCCc1cccc(-c2ccccc2)c1)Nc1ccccc1. The van der Waals surface area contributed by atoms with Gasteiger partial charge in [0.05, 0.1) is 0 Å². The summed E-state index contributed by atoms with van der Waals surface area (Å²) in [5.74, 6) is 0.0698. The molecule has 0 heterocycles. The molecule has 2 nitrogen and oxygen atoms in total. The Kier molecular flexibility index (Phi) is 5.41. The van der Waals surface area contributed by atoms with Crippen LogP contribution in [0.25, 0.3) is 11.1 Å². The molecule has 0 saturated carbocycles. The first-order valence-corrected chi connectivity index (χ1v) is 8.30. The van der Waals surface area contributed by atoms with Gasteiger partial charge in [0.1, 0.15) is 0 Å². The molecule has 1 N–H and O–H groups in total. The molecule has 3 rings (SSSR count). The van der Waals surface area contributed by atoms with E-state index in [1.165, 1.54) is 16.7 Å². The van der Waals surface area contributed by atoms with Crippen molar-refractivity contribution in [2.24, 2.45) is 0 Å². The molecule has 0 saturated heterocycles. The van der Waals surface area contributed by atoms with Crippen molar-refractivity contribution in [3.63, 3.8) is 0 Å². The Morgan fingerprint density at radius 2 is 1.42 bits per heavy atom. The molecule has 0 spiro atoms. The first-order valence-electron chi connectivity index (χ1n) is 8.30. The number of carbonyl (C=O) groups excluding carboxylic acids is 1. The van der Waals surface area contributed by atoms with Gasteiger partial charge in [-0.25, -0.2) is 0 Å². The van der Waals surface area contributed by atoms with Gasteiger partial charge in [0, 0.05) is 12.1 Å². The van der Waals surface area contributed by atoms with Crippen molar-refractivity contribution in [3.05, 3.63) is 90.5 Å². The molecule has 1 amide bonds. The second-order valence-corrected chi connectivity index (χ2v) is 5.83. The fraction of sp³-hybridized carbons (Fsp3) is 0.136. The van der Waals surface area contributed by atoms with Crippen LogP contribution in [-0.4, -0.2) is 5.91 Å². The van der Waals surface area contributed by atoms with Crippen LogP contribution >= 0.6 is 0 Å². The van der Waals surface area contributed by atoms with Gasteiger partial charge in [-0.3, -0.25) is 4.79 Å². The van der Waals surface area contributed by atoms with E-state index in [9.17, 15) is 4.79 Å². The molecule has 2 heteroatoms. The van der Waals surface area contributed by atoms with Gasteiger partial charge < -0.3 is 5.32 Å². The number of anilines is 1. The molecule has 0 radical (unpaired) electrons. The summed E-state index contributed by atoms with van der Waals surface area (Å²) < 4.78 is 0. The third-order valence-corrected chi connectivity index (χ3v) is 3.96. The average Bonchev–Trinajstić information content (AvgIpc) is 2.63. The number of carbonyl (C=O) groups is 1. The summed E-state index contributed by atoms with van der Waals surface area (Å²) in [7, 11) is 0. The predicted molar refractivity (Wildman–Crippen MR) is 99.9 cm³/mol. The van der Waals surface area contributed by atoms with Gasteiger partial charge in [0.2, 0.25) is 5.91 Å². The van der Waals surface area contributed by atoms with Gasteiger partial charge in [0.15, 0.2) is 0 Å². The van der Waals surface area contributed by atoms with Gasteiger partial charge in [0.25, 0.3) is 0 Å². The lowest BCUT2D eigenvalue weighted by molar-refractivity contribution is -0.116. The molecule has 0 unspecified atom stereocenters. The van der Waals surface area contributed by atoms with Crippen LogP contribution in [0.15, 0.2) is 84.9 Å². The fourth-order valence-corrected chi connectivity index (χ4v) is 2.74. The first-order chi connectivity index (χ1) is 11.8.